The van der Waals surface area contributed by atoms with Crippen molar-refractivity contribution in [2.24, 2.45) is 0 Å². The van der Waals surface area contributed by atoms with Crippen molar-refractivity contribution in [2.45, 2.75) is 13.0 Å². The predicted molar refractivity (Wildman–Crippen MR) is 94.0 cm³/mol. The number of rotatable bonds is 5. The van der Waals surface area contributed by atoms with Crippen molar-refractivity contribution in [2.75, 3.05) is 13.2 Å². The largest absolute Gasteiger partial charge is 0.460 e. The van der Waals surface area contributed by atoms with Crippen LogP contribution in [-0.2, 0) is 14.3 Å². The van der Waals surface area contributed by atoms with Gasteiger partial charge < -0.3 is 14.8 Å². The van der Waals surface area contributed by atoms with Gasteiger partial charge in [-0.2, -0.15) is 0 Å². The number of hydrogen-bond acceptors (Lipinski definition) is 4. The summed E-state index contributed by atoms with van der Waals surface area (Å²) in [6, 6.07) is 15.7. The molecule has 0 spiro atoms. The van der Waals surface area contributed by atoms with Crippen LogP contribution in [0.25, 0.3) is 11.1 Å². The van der Waals surface area contributed by atoms with Gasteiger partial charge in [0.15, 0.2) is 6.10 Å². The Labute approximate surface area is 146 Å². The molecule has 1 amide bonds. The molecule has 0 saturated carbocycles. The number of alkyl carbamates (subject to hydrolysis) is 1. The molecule has 1 N–H and O–H groups in total. The molecule has 1 aliphatic carbocycles. The second-order valence-corrected chi connectivity index (χ2v) is 5.80. The summed E-state index contributed by atoms with van der Waals surface area (Å²) in [5.41, 5.74) is 4.40. The third kappa shape index (κ3) is 3.55. The Morgan fingerprint density at radius 3 is 2.16 bits per heavy atom. The van der Waals surface area contributed by atoms with Gasteiger partial charge in [-0.15, -0.1) is 0 Å². The third-order valence-corrected chi connectivity index (χ3v) is 3.95. The Bertz CT molecular complexity index is 782. The summed E-state index contributed by atoms with van der Waals surface area (Å²) in [4.78, 5) is 23.4. The molecule has 0 fully saturated rings. The Balaban J connectivity index is 1.62. The first kappa shape index (κ1) is 16.8. The van der Waals surface area contributed by atoms with E-state index in [1.165, 1.54) is 0 Å². The zero-order valence-corrected chi connectivity index (χ0v) is 14.0. The smallest absolute Gasteiger partial charge is 0.408 e. The van der Waals surface area contributed by atoms with Gasteiger partial charge in [0, 0.05) is 16.7 Å². The molecule has 25 heavy (non-hydrogen) atoms. The normalized spacial score (nSPS) is 12.0. The number of benzene rings is 2. The monoisotopic (exact) mass is 337 g/mol. The lowest BCUT2D eigenvalue weighted by Gasteiger charge is -2.15. The van der Waals surface area contributed by atoms with Crippen LogP contribution in [0, 0.1) is 0 Å². The van der Waals surface area contributed by atoms with E-state index in [4.69, 9.17) is 9.47 Å². The average Bonchev–Trinajstić information content (AvgIpc) is 2.93. The molecular weight excluding hydrogens is 318 g/mol. The fraction of sp³-hybridized carbons (Fsp3) is 0.200. The minimum absolute atomic E-state index is 0.0681. The van der Waals surface area contributed by atoms with Gasteiger partial charge >= 0.3 is 12.1 Å². The number of esters is 1. The highest BCUT2D eigenvalue weighted by atomic mass is 16.6. The molecule has 5 nitrogen and oxygen atoms in total. The van der Waals surface area contributed by atoms with Crippen molar-refractivity contribution >= 4 is 12.1 Å². The van der Waals surface area contributed by atoms with E-state index in [1.54, 1.807) is 6.92 Å². The van der Waals surface area contributed by atoms with Crippen LogP contribution >= 0.6 is 0 Å². The standard InChI is InChI=1S/C20H19NO4/c1-13(2)19(22)24-12-11-21-20(23)25-18-16-9-5-3-7-14(16)15-8-4-6-10-17(15)18/h3-10,18H,1,11-12H2,2H3,(H,21,23). The molecule has 0 heterocycles. The Morgan fingerprint density at radius 1 is 1.04 bits per heavy atom. The molecule has 0 atom stereocenters. The van der Waals surface area contributed by atoms with Crippen molar-refractivity contribution in [3.8, 4) is 11.1 Å². The number of amides is 1. The van der Waals surface area contributed by atoms with Crippen LogP contribution in [-0.4, -0.2) is 25.2 Å². The van der Waals surface area contributed by atoms with Crippen molar-refractivity contribution in [3.63, 3.8) is 0 Å². The Kier molecular flexibility index (Phi) is 4.84. The Morgan fingerprint density at radius 2 is 1.60 bits per heavy atom. The molecule has 0 bridgehead atoms. The van der Waals surface area contributed by atoms with Gasteiger partial charge in [-0.1, -0.05) is 55.1 Å². The van der Waals surface area contributed by atoms with Crippen LogP contribution in [0.1, 0.15) is 24.2 Å². The van der Waals surface area contributed by atoms with E-state index in [1.807, 2.05) is 48.5 Å². The molecule has 0 aromatic heterocycles. The van der Waals surface area contributed by atoms with Gasteiger partial charge in [-0.3, -0.25) is 0 Å². The second-order valence-electron chi connectivity index (χ2n) is 5.80. The number of fused-ring (bicyclic) bond motifs is 3. The maximum atomic E-state index is 12.1. The lowest BCUT2D eigenvalue weighted by molar-refractivity contribution is -0.138. The summed E-state index contributed by atoms with van der Waals surface area (Å²) >= 11 is 0. The second kappa shape index (κ2) is 7.21. The number of hydrogen-bond donors (Lipinski definition) is 1. The van der Waals surface area contributed by atoms with Crippen LogP contribution in [0.3, 0.4) is 0 Å². The summed E-state index contributed by atoms with van der Waals surface area (Å²) in [5, 5.41) is 2.60. The van der Waals surface area contributed by atoms with Gasteiger partial charge in [-0.05, 0) is 18.1 Å². The van der Waals surface area contributed by atoms with E-state index in [2.05, 4.69) is 11.9 Å². The fourth-order valence-corrected chi connectivity index (χ4v) is 2.81. The summed E-state index contributed by atoms with van der Waals surface area (Å²) in [6.45, 7) is 5.30. The molecular formula is C20H19NO4. The first-order chi connectivity index (χ1) is 12.1. The van der Waals surface area contributed by atoms with Crippen LogP contribution in [0.5, 0.6) is 0 Å². The van der Waals surface area contributed by atoms with Crippen LogP contribution in [0.15, 0.2) is 60.7 Å². The van der Waals surface area contributed by atoms with Crippen LogP contribution in [0.2, 0.25) is 0 Å². The quantitative estimate of drug-likeness (QED) is 0.514. The van der Waals surface area contributed by atoms with E-state index in [-0.39, 0.29) is 13.2 Å². The number of ether oxygens (including phenoxy) is 2. The van der Waals surface area contributed by atoms with Crippen molar-refractivity contribution in [3.05, 3.63) is 71.8 Å². The van der Waals surface area contributed by atoms with Gasteiger partial charge in [0.1, 0.15) is 6.61 Å². The lowest BCUT2D eigenvalue weighted by atomic mass is 10.1. The molecule has 3 rings (SSSR count). The molecule has 0 radical (unpaired) electrons. The van der Waals surface area contributed by atoms with Crippen LogP contribution < -0.4 is 5.32 Å². The zero-order valence-electron chi connectivity index (χ0n) is 14.0. The third-order valence-electron chi connectivity index (χ3n) is 3.95. The highest BCUT2D eigenvalue weighted by molar-refractivity contribution is 5.87. The molecule has 0 saturated heterocycles. The van der Waals surface area contributed by atoms with Gasteiger partial charge in [0.25, 0.3) is 0 Å². The molecule has 0 unspecified atom stereocenters. The molecule has 2 aromatic rings. The molecule has 2 aromatic carbocycles. The van der Waals surface area contributed by atoms with E-state index in [9.17, 15) is 9.59 Å². The SMILES string of the molecule is C=C(C)C(=O)OCCNC(=O)OC1c2ccccc2-c2ccccc21. The van der Waals surface area contributed by atoms with Gasteiger partial charge in [-0.25, -0.2) is 9.59 Å². The first-order valence-electron chi connectivity index (χ1n) is 8.03. The van der Waals surface area contributed by atoms with E-state index < -0.39 is 18.2 Å². The molecule has 0 aliphatic heterocycles. The van der Waals surface area contributed by atoms with Crippen molar-refractivity contribution in [1.29, 1.82) is 0 Å². The molecule has 5 heteroatoms. The maximum Gasteiger partial charge on any atom is 0.408 e. The Hall–Kier alpha value is -3.08. The minimum Gasteiger partial charge on any atom is -0.460 e. The topological polar surface area (TPSA) is 64.6 Å². The lowest BCUT2D eigenvalue weighted by Crippen LogP contribution is -2.29. The summed E-state index contributed by atoms with van der Waals surface area (Å²) in [5.74, 6) is -0.478. The average molecular weight is 337 g/mol. The molecule has 1 aliphatic rings. The summed E-state index contributed by atoms with van der Waals surface area (Å²) in [6.07, 6.45) is -0.992. The maximum absolute atomic E-state index is 12.1. The van der Waals surface area contributed by atoms with Crippen molar-refractivity contribution < 1.29 is 19.1 Å². The van der Waals surface area contributed by atoms with Crippen LogP contribution in [0.4, 0.5) is 4.79 Å². The van der Waals surface area contributed by atoms with Crippen molar-refractivity contribution in [1.82, 2.24) is 5.32 Å². The van der Waals surface area contributed by atoms with Gasteiger partial charge in [0.05, 0.1) is 6.54 Å². The van der Waals surface area contributed by atoms with E-state index >= 15 is 0 Å². The van der Waals surface area contributed by atoms with E-state index in [0.29, 0.717) is 5.57 Å². The summed E-state index contributed by atoms with van der Waals surface area (Å²) < 4.78 is 10.5. The van der Waals surface area contributed by atoms with Gasteiger partial charge in [0.2, 0.25) is 0 Å². The zero-order chi connectivity index (χ0) is 17.8. The highest BCUT2D eigenvalue weighted by Gasteiger charge is 2.30. The first-order valence-corrected chi connectivity index (χ1v) is 8.03. The predicted octanol–water partition coefficient (Wildman–Crippen LogP) is 3.60. The fourth-order valence-electron chi connectivity index (χ4n) is 2.81. The molecule has 128 valence electrons. The minimum atomic E-state index is -0.553. The number of carbonyl (C=O) groups excluding carboxylic acids is 2. The number of carbonyl (C=O) groups is 2. The summed E-state index contributed by atoms with van der Waals surface area (Å²) in [7, 11) is 0. The number of nitrogens with one attached hydrogen (secondary N) is 1. The highest BCUT2D eigenvalue weighted by Crippen LogP contribution is 2.44. The van der Waals surface area contributed by atoms with E-state index in [0.717, 1.165) is 22.3 Å².